The van der Waals surface area contributed by atoms with Crippen molar-refractivity contribution in [2.45, 2.75) is 65.8 Å². The molecule has 1 aliphatic rings. The van der Waals surface area contributed by atoms with Crippen molar-refractivity contribution in [2.75, 3.05) is 26.2 Å². The van der Waals surface area contributed by atoms with E-state index in [4.69, 9.17) is 0 Å². The van der Waals surface area contributed by atoms with Gasteiger partial charge < -0.3 is 5.32 Å². The molecule has 2 nitrogen and oxygen atoms in total. The topological polar surface area (TPSA) is 15.3 Å². The Labute approximate surface area is 108 Å². The molecule has 0 aromatic rings. The Morgan fingerprint density at radius 3 is 2.18 bits per heavy atom. The van der Waals surface area contributed by atoms with Gasteiger partial charge in [-0.2, -0.15) is 0 Å². The van der Waals surface area contributed by atoms with Crippen LogP contribution in [0.5, 0.6) is 0 Å². The number of likely N-dealkylation sites (tertiary alicyclic amines) is 1. The second-order valence-electron chi connectivity index (χ2n) is 5.80. The Bertz CT molecular complexity index is 189. The van der Waals surface area contributed by atoms with Gasteiger partial charge in [0, 0.05) is 12.6 Å². The molecule has 0 saturated carbocycles. The zero-order chi connectivity index (χ0) is 12.7. The van der Waals surface area contributed by atoms with Gasteiger partial charge in [-0.05, 0) is 51.2 Å². The molecule has 1 unspecified atom stereocenters. The number of nitrogens with zero attached hydrogens (tertiary/aromatic N) is 1. The van der Waals surface area contributed by atoms with Crippen LogP contribution in [0.4, 0.5) is 0 Å². The van der Waals surface area contributed by atoms with Gasteiger partial charge in [0.2, 0.25) is 0 Å². The fourth-order valence-electron chi connectivity index (χ4n) is 3.01. The van der Waals surface area contributed by atoms with Crippen molar-refractivity contribution in [3.05, 3.63) is 0 Å². The highest BCUT2D eigenvalue weighted by Crippen LogP contribution is 2.38. The summed E-state index contributed by atoms with van der Waals surface area (Å²) < 4.78 is 0. The molecule has 2 heteroatoms. The quantitative estimate of drug-likeness (QED) is 0.687. The molecular weight excluding hydrogens is 208 g/mol. The first-order valence-electron chi connectivity index (χ1n) is 7.62. The first-order valence-corrected chi connectivity index (χ1v) is 7.62. The lowest BCUT2D eigenvalue weighted by Gasteiger charge is -2.43. The third kappa shape index (κ3) is 4.26. The maximum absolute atomic E-state index is 3.54. The van der Waals surface area contributed by atoms with E-state index >= 15 is 0 Å². The number of rotatable bonds is 7. The van der Waals surface area contributed by atoms with E-state index in [1.807, 2.05) is 0 Å². The first-order chi connectivity index (χ1) is 8.17. The van der Waals surface area contributed by atoms with Crippen LogP contribution in [0.15, 0.2) is 0 Å². The molecule has 1 saturated heterocycles. The zero-order valence-electron chi connectivity index (χ0n) is 12.4. The molecule has 0 aliphatic carbocycles. The van der Waals surface area contributed by atoms with Crippen LogP contribution in [0, 0.1) is 5.41 Å². The Morgan fingerprint density at radius 2 is 1.71 bits per heavy atom. The Hall–Kier alpha value is -0.0800. The number of nitrogens with one attached hydrogen (secondary N) is 1. The predicted molar refractivity (Wildman–Crippen MR) is 76.4 cm³/mol. The molecule has 0 aromatic carbocycles. The summed E-state index contributed by atoms with van der Waals surface area (Å²) in [5.41, 5.74) is 0.660. The summed E-state index contributed by atoms with van der Waals surface area (Å²) in [5, 5.41) is 3.54. The summed E-state index contributed by atoms with van der Waals surface area (Å²) in [5.74, 6) is 0. The molecule has 1 atom stereocenters. The fourth-order valence-corrected chi connectivity index (χ4v) is 3.01. The van der Waals surface area contributed by atoms with Crippen molar-refractivity contribution in [1.82, 2.24) is 10.2 Å². The highest BCUT2D eigenvalue weighted by atomic mass is 15.2. The molecule has 17 heavy (non-hydrogen) atoms. The molecule has 0 bridgehead atoms. The lowest BCUT2D eigenvalue weighted by Crippen LogP contribution is -2.47. The first kappa shape index (κ1) is 15.0. The number of hydrogen-bond donors (Lipinski definition) is 1. The molecular formula is C15H32N2. The predicted octanol–water partition coefficient (Wildman–Crippen LogP) is 3.28. The minimum Gasteiger partial charge on any atom is -0.315 e. The van der Waals surface area contributed by atoms with Crippen molar-refractivity contribution < 1.29 is 0 Å². The molecule has 0 aromatic heterocycles. The van der Waals surface area contributed by atoms with Crippen LogP contribution < -0.4 is 5.32 Å². The standard InChI is InChI=1S/C15H32N2/c1-5-10-16-13-14(4)17-11-8-15(6-2,7-3)9-12-17/h14,16H,5-13H2,1-4H3. The van der Waals surface area contributed by atoms with Crippen molar-refractivity contribution in [3.8, 4) is 0 Å². The fraction of sp³-hybridized carbons (Fsp3) is 1.00. The van der Waals surface area contributed by atoms with E-state index in [1.54, 1.807) is 0 Å². The minimum absolute atomic E-state index is 0.660. The summed E-state index contributed by atoms with van der Waals surface area (Å²) in [6.45, 7) is 14.2. The molecule has 1 N–H and O–H groups in total. The molecule has 1 aliphatic heterocycles. The van der Waals surface area contributed by atoms with E-state index in [0.29, 0.717) is 11.5 Å². The maximum atomic E-state index is 3.54. The summed E-state index contributed by atoms with van der Waals surface area (Å²) in [4.78, 5) is 2.67. The summed E-state index contributed by atoms with van der Waals surface area (Å²) in [6, 6.07) is 0.702. The van der Waals surface area contributed by atoms with Gasteiger partial charge in [-0.25, -0.2) is 0 Å². The van der Waals surface area contributed by atoms with E-state index in [9.17, 15) is 0 Å². The SMILES string of the molecule is CCCNCC(C)N1CCC(CC)(CC)CC1. The van der Waals surface area contributed by atoms with E-state index in [1.165, 1.54) is 45.2 Å². The lowest BCUT2D eigenvalue weighted by atomic mass is 9.74. The Kier molecular flexibility index (Phi) is 6.50. The molecule has 0 spiro atoms. The summed E-state index contributed by atoms with van der Waals surface area (Å²) in [7, 11) is 0. The van der Waals surface area contributed by atoms with Crippen molar-refractivity contribution >= 4 is 0 Å². The van der Waals surface area contributed by atoms with Crippen LogP contribution in [-0.2, 0) is 0 Å². The van der Waals surface area contributed by atoms with Gasteiger partial charge in [0.25, 0.3) is 0 Å². The second-order valence-corrected chi connectivity index (χ2v) is 5.80. The van der Waals surface area contributed by atoms with Gasteiger partial charge in [0.1, 0.15) is 0 Å². The summed E-state index contributed by atoms with van der Waals surface area (Å²) >= 11 is 0. The van der Waals surface area contributed by atoms with Crippen molar-refractivity contribution in [2.24, 2.45) is 5.41 Å². The summed E-state index contributed by atoms with van der Waals surface area (Å²) in [6.07, 6.45) is 6.76. The largest absolute Gasteiger partial charge is 0.315 e. The third-order valence-electron chi connectivity index (χ3n) is 4.85. The Balaban J connectivity index is 2.30. The molecule has 1 fully saturated rings. The maximum Gasteiger partial charge on any atom is 0.0192 e. The van der Waals surface area contributed by atoms with Gasteiger partial charge in [-0.3, -0.25) is 4.90 Å². The molecule has 1 heterocycles. The normalized spacial score (nSPS) is 22.6. The van der Waals surface area contributed by atoms with Crippen LogP contribution >= 0.6 is 0 Å². The Morgan fingerprint density at radius 1 is 1.12 bits per heavy atom. The van der Waals surface area contributed by atoms with E-state index in [-0.39, 0.29) is 0 Å². The van der Waals surface area contributed by atoms with Gasteiger partial charge in [-0.15, -0.1) is 0 Å². The van der Waals surface area contributed by atoms with E-state index < -0.39 is 0 Å². The molecule has 1 rings (SSSR count). The van der Waals surface area contributed by atoms with Crippen LogP contribution in [0.3, 0.4) is 0 Å². The molecule has 102 valence electrons. The van der Waals surface area contributed by atoms with Gasteiger partial charge in [0.15, 0.2) is 0 Å². The smallest absolute Gasteiger partial charge is 0.0192 e. The second kappa shape index (κ2) is 7.38. The van der Waals surface area contributed by atoms with Gasteiger partial charge >= 0.3 is 0 Å². The minimum atomic E-state index is 0.660. The van der Waals surface area contributed by atoms with E-state index in [0.717, 1.165) is 13.1 Å². The van der Waals surface area contributed by atoms with Gasteiger partial charge in [-0.1, -0.05) is 33.6 Å². The van der Waals surface area contributed by atoms with E-state index in [2.05, 4.69) is 37.9 Å². The zero-order valence-corrected chi connectivity index (χ0v) is 12.4. The van der Waals surface area contributed by atoms with Crippen LogP contribution in [-0.4, -0.2) is 37.1 Å². The third-order valence-corrected chi connectivity index (χ3v) is 4.85. The van der Waals surface area contributed by atoms with Gasteiger partial charge in [0.05, 0.1) is 0 Å². The van der Waals surface area contributed by atoms with Crippen molar-refractivity contribution in [1.29, 1.82) is 0 Å². The lowest BCUT2D eigenvalue weighted by molar-refractivity contribution is 0.0710. The number of hydrogen-bond acceptors (Lipinski definition) is 2. The average molecular weight is 240 g/mol. The highest BCUT2D eigenvalue weighted by Gasteiger charge is 2.32. The van der Waals surface area contributed by atoms with Crippen LogP contribution in [0.25, 0.3) is 0 Å². The van der Waals surface area contributed by atoms with Crippen LogP contribution in [0.1, 0.15) is 59.8 Å². The average Bonchev–Trinajstić information content (AvgIpc) is 2.39. The monoisotopic (exact) mass is 240 g/mol. The van der Waals surface area contributed by atoms with Crippen molar-refractivity contribution in [3.63, 3.8) is 0 Å². The number of piperidine rings is 1. The highest BCUT2D eigenvalue weighted by molar-refractivity contribution is 4.86. The molecule has 0 radical (unpaired) electrons. The molecule has 0 amide bonds. The van der Waals surface area contributed by atoms with Crippen LogP contribution in [0.2, 0.25) is 0 Å².